The Bertz CT molecular complexity index is 1050. The zero-order valence-corrected chi connectivity index (χ0v) is 17.7. The number of carbonyl (C=O) groups is 1. The first-order chi connectivity index (χ1) is 14.7. The smallest absolute Gasteiger partial charge is 0.234 e. The fourth-order valence-corrected chi connectivity index (χ4v) is 3.36. The highest BCUT2D eigenvalue weighted by Crippen LogP contribution is 2.31. The van der Waals surface area contributed by atoms with E-state index in [1.165, 1.54) is 43.7 Å². The number of hydrogen-bond donors (Lipinski definition) is 2. The van der Waals surface area contributed by atoms with E-state index in [-0.39, 0.29) is 35.3 Å². The summed E-state index contributed by atoms with van der Waals surface area (Å²) in [5.74, 6) is 0.510. The van der Waals surface area contributed by atoms with Crippen LogP contribution < -0.4 is 16.2 Å². The molecule has 1 heterocycles. The van der Waals surface area contributed by atoms with Gasteiger partial charge in [-0.15, -0.1) is 6.42 Å². The normalized spacial score (nSPS) is 13.9. The van der Waals surface area contributed by atoms with Crippen molar-refractivity contribution >= 4 is 34.7 Å². The molecule has 10 heteroatoms. The number of benzene rings is 1. The van der Waals surface area contributed by atoms with Crippen LogP contribution in [0.5, 0.6) is 5.88 Å². The van der Waals surface area contributed by atoms with Crippen LogP contribution in [0, 0.1) is 18.2 Å². The Balaban J connectivity index is 2.29. The van der Waals surface area contributed by atoms with Crippen molar-refractivity contribution < 1.29 is 18.3 Å². The lowest BCUT2D eigenvalue weighted by atomic mass is 9.97. The van der Waals surface area contributed by atoms with E-state index >= 15 is 0 Å². The summed E-state index contributed by atoms with van der Waals surface area (Å²) < 4.78 is 32.8. The van der Waals surface area contributed by atoms with E-state index in [0.717, 1.165) is 11.8 Å². The molecule has 0 spiro atoms. The van der Waals surface area contributed by atoms with Gasteiger partial charge in [0.05, 0.1) is 12.4 Å². The van der Waals surface area contributed by atoms with Crippen molar-refractivity contribution in [3.63, 3.8) is 0 Å². The number of carbonyl (C=O) groups excluding carboxylic acids is 1. The van der Waals surface area contributed by atoms with Gasteiger partial charge in [-0.25, -0.2) is 18.7 Å². The minimum absolute atomic E-state index is 0.0168. The lowest BCUT2D eigenvalue weighted by molar-refractivity contribution is -0.119. The standard InChI is InChI=1S/C21H21F2N5O2S/c1-4-7-30-18-12-27-17(11-28-18)16(23)9-13-5-6-15(22)14(8-13)10-21(2,19(24)29)31-20(25)26-3/h1,5-6,8-9,11-12H,7,10H2,2-3H3,(H2,24,29)(H2,25,26)/b16-9-/t21-/m1/s1. The van der Waals surface area contributed by atoms with Gasteiger partial charge in [-0.1, -0.05) is 23.7 Å². The van der Waals surface area contributed by atoms with Gasteiger partial charge in [0.1, 0.15) is 16.3 Å². The van der Waals surface area contributed by atoms with E-state index in [4.69, 9.17) is 22.6 Å². The van der Waals surface area contributed by atoms with Crippen LogP contribution in [0.1, 0.15) is 23.7 Å². The summed E-state index contributed by atoms with van der Waals surface area (Å²) >= 11 is 0.937. The average Bonchev–Trinajstić information content (AvgIpc) is 2.74. The molecule has 7 nitrogen and oxygen atoms in total. The summed E-state index contributed by atoms with van der Waals surface area (Å²) in [5.41, 5.74) is 11.7. The molecular formula is C21H21F2N5O2S. The molecule has 31 heavy (non-hydrogen) atoms. The van der Waals surface area contributed by atoms with Gasteiger partial charge in [-0.2, -0.15) is 0 Å². The number of aliphatic imine (C=N–C) groups is 1. The number of hydrogen-bond acceptors (Lipinski definition) is 6. The number of rotatable bonds is 8. The Hall–Kier alpha value is -3.45. The second kappa shape index (κ2) is 10.5. The average molecular weight is 445 g/mol. The lowest BCUT2D eigenvalue weighted by Gasteiger charge is -2.25. The van der Waals surface area contributed by atoms with Crippen LogP contribution in [0.25, 0.3) is 11.9 Å². The van der Waals surface area contributed by atoms with Crippen molar-refractivity contribution in [3.8, 4) is 18.2 Å². The molecule has 162 valence electrons. The van der Waals surface area contributed by atoms with Crippen molar-refractivity contribution in [2.24, 2.45) is 16.5 Å². The van der Waals surface area contributed by atoms with Crippen LogP contribution in [0.4, 0.5) is 8.78 Å². The maximum atomic E-state index is 14.6. The van der Waals surface area contributed by atoms with Gasteiger partial charge in [0.2, 0.25) is 11.8 Å². The Morgan fingerprint density at radius 3 is 2.71 bits per heavy atom. The molecule has 2 rings (SSSR count). The summed E-state index contributed by atoms with van der Waals surface area (Å²) in [6.07, 6.45) is 8.62. The van der Waals surface area contributed by atoms with Crippen molar-refractivity contribution in [1.82, 2.24) is 9.97 Å². The second-order valence-corrected chi connectivity index (χ2v) is 8.04. The number of amidine groups is 1. The molecule has 1 atom stereocenters. The highest BCUT2D eigenvalue weighted by atomic mass is 32.2. The van der Waals surface area contributed by atoms with Crippen LogP contribution in [0.3, 0.4) is 0 Å². The molecule has 4 N–H and O–H groups in total. The molecule has 0 radical (unpaired) electrons. The molecule has 0 bridgehead atoms. The topological polar surface area (TPSA) is 116 Å². The van der Waals surface area contributed by atoms with E-state index in [1.807, 2.05) is 0 Å². The third kappa shape index (κ3) is 6.52. The number of nitrogens with zero attached hydrogens (tertiary/aromatic N) is 3. The number of thioether (sulfide) groups is 1. The monoisotopic (exact) mass is 445 g/mol. The molecule has 0 unspecified atom stereocenters. The SMILES string of the molecule is C#CCOc1cnc(/C(F)=C/c2ccc(F)c(C[C@@](C)(SC(N)=NC)C(N)=O)c2)cn1. The van der Waals surface area contributed by atoms with Crippen LogP contribution in [-0.4, -0.2) is 39.4 Å². The highest BCUT2D eigenvalue weighted by Gasteiger charge is 2.34. The van der Waals surface area contributed by atoms with E-state index in [9.17, 15) is 13.6 Å². The molecule has 1 aromatic heterocycles. The number of primary amides is 1. The fraction of sp³-hybridized carbons (Fsp3) is 0.238. The van der Waals surface area contributed by atoms with Crippen molar-refractivity contribution in [2.45, 2.75) is 18.1 Å². The summed E-state index contributed by atoms with van der Waals surface area (Å²) in [4.78, 5) is 23.6. The van der Waals surface area contributed by atoms with Crippen LogP contribution >= 0.6 is 11.8 Å². The highest BCUT2D eigenvalue weighted by molar-refractivity contribution is 8.15. The molecular weight excluding hydrogens is 424 g/mol. The van der Waals surface area contributed by atoms with Gasteiger partial charge in [-0.3, -0.25) is 9.79 Å². The Kier molecular flexibility index (Phi) is 8.10. The molecule has 1 amide bonds. The zero-order chi connectivity index (χ0) is 23.0. The van der Waals surface area contributed by atoms with Gasteiger partial charge in [0.15, 0.2) is 17.6 Å². The minimum Gasteiger partial charge on any atom is -0.463 e. The quantitative estimate of drug-likeness (QED) is 0.366. The van der Waals surface area contributed by atoms with Gasteiger partial charge in [0, 0.05) is 7.05 Å². The summed E-state index contributed by atoms with van der Waals surface area (Å²) in [7, 11) is 1.47. The van der Waals surface area contributed by atoms with Crippen LogP contribution in [0.15, 0.2) is 35.6 Å². The predicted molar refractivity (Wildman–Crippen MR) is 118 cm³/mol. The Labute approximate surface area is 183 Å². The third-order valence-electron chi connectivity index (χ3n) is 4.14. The molecule has 0 fully saturated rings. The number of terminal acetylenes is 1. The maximum Gasteiger partial charge on any atom is 0.234 e. The first-order valence-electron chi connectivity index (χ1n) is 8.94. The first kappa shape index (κ1) is 23.8. The Morgan fingerprint density at radius 2 is 2.13 bits per heavy atom. The molecule has 1 aromatic carbocycles. The van der Waals surface area contributed by atoms with E-state index in [1.54, 1.807) is 6.92 Å². The van der Waals surface area contributed by atoms with Crippen LogP contribution in [0.2, 0.25) is 0 Å². The number of nitrogens with two attached hydrogens (primary N) is 2. The first-order valence-corrected chi connectivity index (χ1v) is 9.75. The number of halogens is 2. The van der Waals surface area contributed by atoms with Crippen molar-refractivity contribution in [3.05, 3.63) is 53.2 Å². The largest absolute Gasteiger partial charge is 0.463 e. The lowest BCUT2D eigenvalue weighted by Crippen LogP contribution is -2.42. The van der Waals surface area contributed by atoms with Gasteiger partial charge < -0.3 is 16.2 Å². The van der Waals surface area contributed by atoms with Gasteiger partial charge in [0.25, 0.3) is 0 Å². The van der Waals surface area contributed by atoms with Crippen LogP contribution in [-0.2, 0) is 11.2 Å². The third-order valence-corrected chi connectivity index (χ3v) is 5.33. The molecule has 2 aromatic rings. The van der Waals surface area contributed by atoms with Gasteiger partial charge in [-0.05, 0) is 42.7 Å². The number of amides is 1. The zero-order valence-electron chi connectivity index (χ0n) is 16.9. The maximum absolute atomic E-state index is 14.6. The summed E-state index contributed by atoms with van der Waals surface area (Å²) in [5, 5.41) is 0.136. The Morgan fingerprint density at radius 1 is 1.39 bits per heavy atom. The fourth-order valence-electron chi connectivity index (χ4n) is 2.48. The number of aromatic nitrogens is 2. The molecule has 0 saturated carbocycles. The van der Waals surface area contributed by atoms with E-state index in [0.29, 0.717) is 5.56 Å². The van der Waals surface area contributed by atoms with E-state index < -0.39 is 22.3 Å². The predicted octanol–water partition coefficient (Wildman–Crippen LogP) is 2.56. The molecule has 0 aliphatic carbocycles. The van der Waals surface area contributed by atoms with Crippen molar-refractivity contribution in [1.29, 1.82) is 0 Å². The molecule has 0 aliphatic heterocycles. The van der Waals surface area contributed by atoms with Crippen molar-refractivity contribution in [2.75, 3.05) is 13.7 Å². The summed E-state index contributed by atoms with van der Waals surface area (Å²) in [6, 6.07) is 4.00. The molecule has 0 aliphatic rings. The number of ether oxygens (including phenoxy) is 1. The minimum atomic E-state index is -1.25. The van der Waals surface area contributed by atoms with Gasteiger partial charge >= 0.3 is 0 Å². The second-order valence-electron chi connectivity index (χ2n) is 6.51. The summed E-state index contributed by atoms with van der Waals surface area (Å²) in [6.45, 7) is 1.56. The van der Waals surface area contributed by atoms with E-state index in [2.05, 4.69) is 20.9 Å². The molecule has 0 saturated heterocycles.